The highest BCUT2D eigenvalue weighted by Gasteiger charge is 2.43. The van der Waals surface area contributed by atoms with Crippen LogP contribution in [0.5, 0.6) is 0 Å². The standard InChI is InChI=1S/C13H19NO4S2/c1-14(8-7-10-4-3-9-19-10)20(17,18)12-6-2-5-11(12)13(15)16/h3-4,9,11-12H,2,5-8H2,1H3,(H,15,16). The second-order valence-corrected chi connectivity index (χ2v) is 8.40. The van der Waals surface area contributed by atoms with E-state index >= 15 is 0 Å². The highest BCUT2D eigenvalue weighted by atomic mass is 32.2. The van der Waals surface area contributed by atoms with Gasteiger partial charge < -0.3 is 5.11 Å². The number of carboxylic acids is 1. The number of sulfonamides is 1. The van der Waals surface area contributed by atoms with Gasteiger partial charge in [-0.3, -0.25) is 4.79 Å². The molecule has 1 N–H and O–H groups in total. The van der Waals surface area contributed by atoms with E-state index < -0.39 is 27.2 Å². The van der Waals surface area contributed by atoms with Crippen molar-refractivity contribution < 1.29 is 18.3 Å². The molecule has 0 bridgehead atoms. The molecule has 1 aliphatic rings. The summed E-state index contributed by atoms with van der Waals surface area (Å²) in [6, 6.07) is 3.91. The number of likely N-dealkylation sites (N-methyl/N-ethyl adjacent to an activating group) is 1. The highest BCUT2D eigenvalue weighted by molar-refractivity contribution is 7.89. The highest BCUT2D eigenvalue weighted by Crippen LogP contribution is 2.32. The summed E-state index contributed by atoms with van der Waals surface area (Å²) in [4.78, 5) is 12.3. The van der Waals surface area contributed by atoms with Gasteiger partial charge in [-0.2, -0.15) is 0 Å². The van der Waals surface area contributed by atoms with Crippen molar-refractivity contribution in [3.05, 3.63) is 22.4 Å². The fraction of sp³-hybridized carbons (Fsp3) is 0.615. The van der Waals surface area contributed by atoms with Crippen LogP contribution in [-0.4, -0.2) is 42.6 Å². The Balaban J connectivity index is 2.03. The van der Waals surface area contributed by atoms with Gasteiger partial charge in [0, 0.05) is 18.5 Å². The zero-order chi connectivity index (χ0) is 14.8. The van der Waals surface area contributed by atoms with E-state index in [0.717, 1.165) is 4.88 Å². The Bertz CT molecular complexity index is 553. The van der Waals surface area contributed by atoms with Gasteiger partial charge in [-0.25, -0.2) is 12.7 Å². The third-order valence-electron chi connectivity index (χ3n) is 3.84. The minimum atomic E-state index is -3.53. The molecule has 1 saturated carbocycles. The maximum absolute atomic E-state index is 12.5. The van der Waals surface area contributed by atoms with E-state index in [1.165, 1.54) is 4.31 Å². The molecule has 0 amide bonds. The van der Waals surface area contributed by atoms with Crippen LogP contribution in [0.15, 0.2) is 17.5 Å². The smallest absolute Gasteiger partial charge is 0.307 e. The Labute approximate surface area is 123 Å². The van der Waals surface area contributed by atoms with Crippen molar-refractivity contribution >= 4 is 27.3 Å². The van der Waals surface area contributed by atoms with Crippen molar-refractivity contribution in [2.24, 2.45) is 5.92 Å². The first-order valence-corrected chi connectivity index (χ1v) is 9.01. The molecule has 0 saturated heterocycles. The summed E-state index contributed by atoms with van der Waals surface area (Å²) >= 11 is 1.60. The van der Waals surface area contributed by atoms with Gasteiger partial charge in [-0.1, -0.05) is 12.5 Å². The third kappa shape index (κ3) is 3.21. The lowest BCUT2D eigenvalue weighted by atomic mass is 10.1. The van der Waals surface area contributed by atoms with Crippen LogP contribution in [0.1, 0.15) is 24.1 Å². The van der Waals surface area contributed by atoms with Crippen molar-refractivity contribution in [1.82, 2.24) is 4.31 Å². The van der Waals surface area contributed by atoms with Crippen molar-refractivity contribution in [2.75, 3.05) is 13.6 Å². The van der Waals surface area contributed by atoms with Gasteiger partial charge in [0.1, 0.15) is 0 Å². The van der Waals surface area contributed by atoms with Gasteiger partial charge in [-0.05, 0) is 30.7 Å². The number of aliphatic carboxylic acids is 1. The summed E-state index contributed by atoms with van der Waals surface area (Å²) in [5, 5.41) is 10.3. The summed E-state index contributed by atoms with van der Waals surface area (Å²) in [7, 11) is -1.99. The van der Waals surface area contributed by atoms with E-state index in [2.05, 4.69) is 0 Å². The predicted octanol–water partition coefficient (Wildman–Crippen LogP) is 1.81. The van der Waals surface area contributed by atoms with Crippen molar-refractivity contribution in [2.45, 2.75) is 30.9 Å². The van der Waals surface area contributed by atoms with E-state index in [1.54, 1.807) is 18.4 Å². The zero-order valence-electron chi connectivity index (χ0n) is 11.4. The molecule has 0 aromatic carbocycles. The van der Waals surface area contributed by atoms with Gasteiger partial charge in [0.2, 0.25) is 10.0 Å². The number of carbonyl (C=O) groups is 1. The number of hydrogen-bond acceptors (Lipinski definition) is 4. The molecule has 1 aliphatic carbocycles. The molecule has 0 radical (unpaired) electrons. The van der Waals surface area contributed by atoms with Crippen LogP contribution in [0.2, 0.25) is 0 Å². The number of nitrogens with zero attached hydrogens (tertiary/aromatic N) is 1. The minimum Gasteiger partial charge on any atom is -0.481 e. The summed E-state index contributed by atoms with van der Waals surface area (Å²) in [6.07, 6.45) is 2.23. The Hall–Kier alpha value is -0.920. The molecule has 1 aromatic heterocycles. The van der Waals surface area contributed by atoms with Gasteiger partial charge in [0.15, 0.2) is 0 Å². The average Bonchev–Trinajstić information content (AvgIpc) is 3.06. The van der Waals surface area contributed by atoms with Gasteiger partial charge in [0.05, 0.1) is 11.2 Å². The topological polar surface area (TPSA) is 74.7 Å². The predicted molar refractivity (Wildman–Crippen MR) is 78.3 cm³/mol. The monoisotopic (exact) mass is 317 g/mol. The van der Waals surface area contributed by atoms with Crippen molar-refractivity contribution in [1.29, 1.82) is 0 Å². The van der Waals surface area contributed by atoms with Gasteiger partial charge >= 0.3 is 5.97 Å². The van der Waals surface area contributed by atoms with Crippen LogP contribution < -0.4 is 0 Å². The summed E-state index contributed by atoms with van der Waals surface area (Å²) in [5.41, 5.74) is 0. The van der Waals surface area contributed by atoms with Crippen LogP contribution in [0.25, 0.3) is 0 Å². The Kier molecular flexibility index (Phi) is 4.82. The van der Waals surface area contributed by atoms with E-state index in [9.17, 15) is 13.2 Å². The molecule has 7 heteroatoms. The number of thiophene rings is 1. The summed E-state index contributed by atoms with van der Waals surface area (Å²) in [6.45, 7) is 0.395. The average molecular weight is 317 g/mol. The van der Waals surface area contributed by atoms with Gasteiger partial charge in [0.25, 0.3) is 0 Å². The molecule has 1 aromatic rings. The van der Waals surface area contributed by atoms with E-state index in [4.69, 9.17) is 5.11 Å². The molecule has 1 fully saturated rings. The maximum atomic E-state index is 12.5. The van der Waals surface area contributed by atoms with Gasteiger partial charge in [-0.15, -0.1) is 11.3 Å². The van der Waals surface area contributed by atoms with Crippen molar-refractivity contribution in [3.8, 4) is 0 Å². The molecule has 20 heavy (non-hydrogen) atoms. The van der Waals surface area contributed by atoms with E-state index in [0.29, 0.717) is 32.2 Å². The quantitative estimate of drug-likeness (QED) is 0.868. The number of hydrogen-bond donors (Lipinski definition) is 1. The molecular weight excluding hydrogens is 298 g/mol. The van der Waals surface area contributed by atoms with E-state index in [1.807, 2.05) is 17.5 Å². The van der Waals surface area contributed by atoms with Crippen LogP contribution in [-0.2, 0) is 21.2 Å². The lowest BCUT2D eigenvalue weighted by molar-refractivity contribution is -0.141. The first-order valence-electron chi connectivity index (χ1n) is 6.63. The van der Waals surface area contributed by atoms with Crippen LogP contribution >= 0.6 is 11.3 Å². The first kappa shape index (κ1) is 15.5. The SMILES string of the molecule is CN(CCc1cccs1)S(=O)(=O)C1CCCC1C(=O)O. The maximum Gasteiger partial charge on any atom is 0.307 e. The normalized spacial score (nSPS) is 23.3. The molecule has 1 heterocycles. The molecule has 112 valence electrons. The number of carboxylic acid groups (broad SMARTS) is 1. The molecule has 0 spiro atoms. The van der Waals surface area contributed by atoms with E-state index in [-0.39, 0.29) is 0 Å². The van der Waals surface area contributed by atoms with Crippen molar-refractivity contribution in [3.63, 3.8) is 0 Å². The van der Waals surface area contributed by atoms with Crippen LogP contribution in [0.4, 0.5) is 0 Å². The minimum absolute atomic E-state index is 0.395. The zero-order valence-corrected chi connectivity index (χ0v) is 13.0. The fourth-order valence-corrected chi connectivity index (χ4v) is 5.28. The Morgan fingerprint density at radius 1 is 1.50 bits per heavy atom. The van der Waals surface area contributed by atoms with Crippen LogP contribution in [0.3, 0.4) is 0 Å². The largest absolute Gasteiger partial charge is 0.481 e. The molecule has 0 aliphatic heterocycles. The number of rotatable bonds is 6. The second-order valence-electron chi connectivity index (χ2n) is 5.11. The molecule has 2 unspecified atom stereocenters. The first-order chi connectivity index (χ1) is 9.43. The molecule has 2 atom stereocenters. The van der Waals surface area contributed by atoms with Crippen LogP contribution in [0, 0.1) is 5.92 Å². The Morgan fingerprint density at radius 3 is 2.85 bits per heavy atom. The molecular formula is C13H19NO4S2. The fourth-order valence-electron chi connectivity index (χ4n) is 2.65. The summed E-state index contributed by atoms with van der Waals surface area (Å²) in [5.74, 6) is -1.76. The lowest BCUT2D eigenvalue weighted by Gasteiger charge is -2.23. The summed E-state index contributed by atoms with van der Waals surface area (Å²) < 4.78 is 26.3. The molecule has 5 nitrogen and oxygen atoms in total. The molecule has 2 rings (SSSR count). The third-order valence-corrected chi connectivity index (χ3v) is 7.16. The second kappa shape index (κ2) is 6.24. The Morgan fingerprint density at radius 2 is 2.25 bits per heavy atom. The lowest BCUT2D eigenvalue weighted by Crippen LogP contribution is -2.41.